The standard InChI is InChI=1S/C22H25Cl2N3O4/c1-26(2)9-10-27-18-7-6-16(13-20(18)31-14-22(27)29)25-21(28)4-3-11-30-19-8-5-15(23)12-17(19)24/h5-8,12-13H,3-4,9-11,14H2,1-2H3,(H,25,28). The maximum absolute atomic E-state index is 12.3. The predicted octanol–water partition coefficient (Wildman–Crippen LogP) is 4.08. The molecule has 2 aromatic carbocycles. The Bertz CT molecular complexity index is 952. The monoisotopic (exact) mass is 465 g/mol. The number of fused-ring (bicyclic) bond motifs is 1. The lowest BCUT2D eigenvalue weighted by Crippen LogP contribution is -2.42. The summed E-state index contributed by atoms with van der Waals surface area (Å²) in [6.45, 7) is 1.66. The summed E-state index contributed by atoms with van der Waals surface area (Å²) in [6, 6.07) is 10.3. The van der Waals surface area contributed by atoms with E-state index in [9.17, 15) is 9.59 Å². The summed E-state index contributed by atoms with van der Waals surface area (Å²) in [5.41, 5.74) is 1.33. The number of hydrogen-bond acceptors (Lipinski definition) is 5. The largest absolute Gasteiger partial charge is 0.492 e. The number of anilines is 2. The molecule has 1 N–H and O–H groups in total. The molecule has 0 saturated carbocycles. The number of hydrogen-bond donors (Lipinski definition) is 1. The van der Waals surface area contributed by atoms with E-state index in [0.29, 0.717) is 52.5 Å². The van der Waals surface area contributed by atoms with Gasteiger partial charge in [0.25, 0.3) is 5.91 Å². The number of benzene rings is 2. The molecular weight excluding hydrogens is 441 g/mol. The van der Waals surface area contributed by atoms with E-state index in [1.165, 1.54) is 0 Å². The van der Waals surface area contributed by atoms with Crippen LogP contribution in [0.25, 0.3) is 0 Å². The maximum Gasteiger partial charge on any atom is 0.265 e. The third kappa shape index (κ3) is 6.50. The molecular formula is C22H25Cl2N3O4. The first-order valence-corrected chi connectivity index (χ1v) is 10.7. The first-order chi connectivity index (χ1) is 14.8. The average Bonchev–Trinajstić information content (AvgIpc) is 2.71. The molecule has 0 radical (unpaired) electrons. The van der Waals surface area contributed by atoms with Crippen LogP contribution in [0.4, 0.5) is 11.4 Å². The second kappa shape index (κ2) is 10.7. The van der Waals surface area contributed by atoms with Crippen LogP contribution in [-0.4, -0.2) is 57.1 Å². The van der Waals surface area contributed by atoms with Crippen molar-refractivity contribution in [1.29, 1.82) is 0 Å². The number of carbonyl (C=O) groups excluding carboxylic acids is 2. The first kappa shape index (κ1) is 23.2. The summed E-state index contributed by atoms with van der Waals surface area (Å²) in [5, 5.41) is 3.83. The van der Waals surface area contributed by atoms with Crippen molar-refractivity contribution < 1.29 is 19.1 Å². The summed E-state index contributed by atoms with van der Waals surface area (Å²) < 4.78 is 11.2. The topological polar surface area (TPSA) is 71.1 Å². The molecule has 0 atom stereocenters. The second-order valence-electron chi connectivity index (χ2n) is 7.39. The molecule has 0 bridgehead atoms. The molecule has 2 amide bonds. The van der Waals surface area contributed by atoms with Gasteiger partial charge in [-0.1, -0.05) is 23.2 Å². The Kier molecular flexibility index (Phi) is 8.01. The molecule has 0 spiro atoms. The van der Waals surface area contributed by atoms with Crippen LogP contribution in [0.3, 0.4) is 0 Å². The van der Waals surface area contributed by atoms with E-state index in [-0.39, 0.29) is 24.8 Å². The van der Waals surface area contributed by atoms with E-state index in [2.05, 4.69) is 5.32 Å². The number of amides is 2. The summed E-state index contributed by atoms with van der Waals surface area (Å²) in [4.78, 5) is 28.2. The Labute approximate surface area is 191 Å². The third-order valence-electron chi connectivity index (χ3n) is 4.66. The minimum Gasteiger partial charge on any atom is -0.492 e. The van der Waals surface area contributed by atoms with E-state index in [1.807, 2.05) is 19.0 Å². The number of ether oxygens (including phenoxy) is 2. The van der Waals surface area contributed by atoms with Gasteiger partial charge >= 0.3 is 0 Å². The second-order valence-corrected chi connectivity index (χ2v) is 8.24. The van der Waals surface area contributed by atoms with Gasteiger partial charge in [-0.3, -0.25) is 9.59 Å². The van der Waals surface area contributed by atoms with Crippen LogP contribution in [-0.2, 0) is 9.59 Å². The van der Waals surface area contributed by atoms with Crippen LogP contribution >= 0.6 is 23.2 Å². The summed E-state index contributed by atoms with van der Waals surface area (Å²) in [7, 11) is 3.92. The molecule has 0 fully saturated rings. The quantitative estimate of drug-likeness (QED) is 0.564. The van der Waals surface area contributed by atoms with Gasteiger partial charge in [0.1, 0.15) is 11.5 Å². The van der Waals surface area contributed by atoms with Crippen LogP contribution in [0.1, 0.15) is 12.8 Å². The molecule has 31 heavy (non-hydrogen) atoms. The SMILES string of the molecule is CN(C)CCN1C(=O)COc2cc(NC(=O)CCCOc3ccc(Cl)cc3Cl)ccc21. The first-order valence-electron chi connectivity index (χ1n) is 9.93. The molecule has 9 heteroatoms. The number of carbonyl (C=O) groups is 2. The number of nitrogens with zero attached hydrogens (tertiary/aromatic N) is 2. The predicted molar refractivity (Wildman–Crippen MR) is 123 cm³/mol. The molecule has 166 valence electrons. The minimum atomic E-state index is -0.137. The fourth-order valence-electron chi connectivity index (χ4n) is 3.06. The highest BCUT2D eigenvalue weighted by Crippen LogP contribution is 2.34. The lowest BCUT2D eigenvalue weighted by Gasteiger charge is -2.30. The van der Waals surface area contributed by atoms with Crippen LogP contribution in [0.15, 0.2) is 36.4 Å². The minimum absolute atomic E-state index is 0.0115. The average molecular weight is 466 g/mol. The Morgan fingerprint density at radius 2 is 2.03 bits per heavy atom. The Morgan fingerprint density at radius 3 is 2.77 bits per heavy atom. The highest BCUT2D eigenvalue weighted by Gasteiger charge is 2.25. The molecule has 2 aromatic rings. The summed E-state index contributed by atoms with van der Waals surface area (Å²) in [6.07, 6.45) is 0.815. The lowest BCUT2D eigenvalue weighted by molar-refractivity contribution is -0.121. The fraction of sp³-hybridized carbons (Fsp3) is 0.364. The normalized spacial score (nSPS) is 13.1. The van der Waals surface area contributed by atoms with Crippen molar-refractivity contribution in [1.82, 2.24) is 4.90 Å². The molecule has 7 nitrogen and oxygen atoms in total. The van der Waals surface area contributed by atoms with Crippen LogP contribution in [0.2, 0.25) is 10.0 Å². The van der Waals surface area contributed by atoms with Crippen molar-refractivity contribution in [3.05, 3.63) is 46.4 Å². The van der Waals surface area contributed by atoms with E-state index < -0.39 is 0 Å². The fourth-order valence-corrected chi connectivity index (χ4v) is 3.52. The van der Waals surface area contributed by atoms with Gasteiger partial charge in [-0.25, -0.2) is 0 Å². The Morgan fingerprint density at radius 1 is 1.23 bits per heavy atom. The van der Waals surface area contributed by atoms with Crippen molar-refractivity contribution in [2.75, 3.05) is 50.6 Å². The zero-order valence-corrected chi connectivity index (χ0v) is 19.0. The van der Waals surface area contributed by atoms with Gasteiger partial charge < -0.3 is 24.6 Å². The van der Waals surface area contributed by atoms with Crippen molar-refractivity contribution in [3.8, 4) is 11.5 Å². The van der Waals surface area contributed by atoms with Crippen molar-refractivity contribution in [2.45, 2.75) is 12.8 Å². The number of likely N-dealkylation sites (N-methyl/N-ethyl adjacent to an activating group) is 1. The molecule has 1 aliphatic rings. The van der Waals surface area contributed by atoms with Gasteiger partial charge in [0, 0.05) is 36.3 Å². The van der Waals surface area contributed by atoms with E-state index in [1.54, 1.807) is 41.3 Å². The van der Waals surface area contributed by atoms with Crippen molar-refractivity contribution >= 4 is 46.4 Å². The molecule has 0 saturated heterocycles. The zero-order chi connectivity index (χ0) is 22.4. The highest BCUT2D eigenvalue weighted by molar-refractivity contribution is 6.35. The summed E-state index contributed by atoms with van der Waals surface area (Å²) in [5.74, 6) is 0.901. The van der Waals surface area contributed by atoms with Gasteiger partial charge in [0.2, 0.25) is 5.91 Å². The maximum atomic E-state index is 12.3. The highest BCUT2D eigenvalue weighted by atomic mass is 35.5. The van der Waals surface area contributed by atoms with Gasteiger partial charge in [-0.2, -0.15) is 0 Å². The van der Waals surface area contributed by atoms with Crippen molar-refractivity contribution in [3.63, 3.8) is 0 Å². The lowest BCUT2D eigenvalue weighted by atomic mass is 10.2. The van der Waals surface area contributed by atoms with E-state index >= 15 is 0 Å². The molecule has 0 aliphatic carbocycles. The summed E-state index contributed by atoms with van der Waals surface area (Å²) >= 11 is 11.9. The van der Waals surface area contributed by atoms with Crippen LogP contribution < -0.4 is 19.7 Å². The van der Waals surface area contributed by atoms with Crippen molar-refractivity contribution in [2.24, 2.45) is 0 Å². The van der Waals surface area contributed by atoms with E-state index in [0.717, 1.165) is 6.54 Å². The molecule has 0 aromatic heterocycles. The van der Waals surface area contributed by atoms with Crippen LogP contribution in [0.5, 0.6) is 11.5 Å². The molecule has 3 rings (SSSR count). The third-order valence-corrected chi connectivity index (χ3v) is 5.19. The van der Waals surface area contributed by atoms with E-state index in [4.69, 9.17) is 32.7 Å². The van der Waals surface area contributed by atoms with Gasteiger partial charge in [0.05, 0.1) is 17.3 Å². The Hall–Kier alpha value is -2.48. The Balaban J connectivity index is 1.51. The number of rotatable bonds is 9. The smallest absolute Gasteiger partial charge is 0.265 e. The zero-order valence-electron chi connectivity index (χ0n) is 17.5. The van der Waals surface area contributed by atoms with Crippen LogP contribution in [0, 0.1) is 0 Å². The molecule has 0 unspecified atom stereocenters. The number of halogens is 2. The number of nitrogens with one attached hydrogen (secondary N) is 1. The van der Waals surface area contributed by atoms with Gasteiger partial charge in [-0.15, -0.1) is 0 Å². The molecule has 1 heterocycles. The molecule has 1 aliphatic heterocycles. The van der Waals surface area contributed by atoms with Gasteiger partial charge in [0.15, 0.2) is 6.61 Å². The van der Waals surface area contributed by atoms with Gasteiger partial charge in [-0.05, 0) is 50.8 Å².